The summed E-state index contributed by atoms with van der Waals surface area (Å²) in [6.07, 6.45) is 2.55. The molecule has 3 rings (SSSR count). The first-order valence-corrected chi connectivity index (χ1v) is 8.57. The Labute approximate surface area is 148 Å². The van der Waals surface area contributed by atoms with E-state index in [2.05, 4.69) is 35.4 Å². The molecule has 2 aromatic carbocycles. The third-order valence-corrected chi connectivity index (χ3v) is 4.16. The smallest absolute Gasteiger partial charge is 0.193 e. The number of nitrogens with zero attached hydrogens (tertiary/aromatic N) is 1. The van der Waals surface area contributed by atoms with Gasteiger partial charge in [-0.1, -0.05) is 18.2 Å². The van der Waals surface area contributed by atoms with Crippen LogP contribution in [-0.4, -0.2) is 19.7 Å². The highest BCUT2D eigenvalue weighted by atomic mass is 16.5. The molecule has 1 aliphatic carbocycles. The molecule has 0 atom stereocenters. The van der Waals surface area contributed by atoms with Gasteiger partial charge in [-0.05, 0) is 49.4 Å². The number of aryl methyl sites for hydroxylation is 1. The van der Waals surface area contributed by atoms with E-state index in [4.69, 9.17) is 15.2 Å². The van der Waals surface area contributed by atoms with Crippen molar-refractivity contribution in [1.82, 2.24) is 0 Å². The number of benzene rings is 2. The number of rotatable bonds is 7. The monoisotopic (exact) mass is 339 g/mol. The first-order valence-electron chi connectivity index (χ1n) is 8.57. The summed E-state index contributed by atoms with van der Waals surface area (Å²) in [4.78, 5) is 4.44. The number of hydrogen-bond acceptors (Lipinski definition) is 3. The van der Waals surface area contributed by atoms with Gasteiger partial charge in [-0.3, -0.25) is 0 Å². The molecule has 132 valence electrons. The van der Waals surface area contributed by atoms with Crippen LogP contribution in [0.4, 0.5) is 5.69 Å². The average Bonchev–Trinajstić information content (AvgIpc) is 3.43. The molecule has 2 aromatic rings. The molecule has 1 fully saturated rings. The topological polar surface area (TPSA) is 68.9 Å². The highest BCUT2D eigenvalue weighted by Crippen LogP contribution is 2.31. The molecule has 1 aliphatic rings. The second kappa shape index (κ2) is 7.92. The number of nitrogens with two attached hydrogens (primary N) is 1. The molecule has 1 saturated carbocycles. The van der Waals surface area contributed by atoms with Gasteiger partial charge in [-0.25, -0.2) is 4.99 Å². The largest absolute Gasteiger partial charge is 0.497 e. The van der Waals surface area contributed by atoms with Crippen molar-refractivity contribution >= 4 is 11.6 Å². The van der Waals surface area contributed by atoms with Crippen LogP contribution in [0.25, 0.3) is 0 Å². The summed E-state index contributed by atoms with van der Waals surface area (Å²) in [6, 6.07) is 13.8. The van der Waals surface area contributed by atoms with E-state index < -0.39 is 0 Å². The lowest BCUT2D eigenvalue weighted by Gasteiger charge is -2.12. The number of methoxy groups -OCH3 is 1. The Hall–Kier alpha value is -2.69. The molecule has 0 unspecified atom stereocenters. The number of nitrogens with one attached hydrogen (secondary N) is 1. The maximum absolute atomic E-state index is 6.01. The third-order valence-electron chi connectivity index (χ3n) is 4.16. The summed E-state index contributed by atoms with van der Waals surface area (Å²) in [5, 5.41) is 3.08. The van der Waals surface area contributed by atoms with Crippen molar-refractivity contribution < 1.29 is 9.47 Å². The van der Waals surface area contributed by atoms with Gasteiger partial charge >= 0.3 is 0 Å². The van der Waals surface area contributed by atoms with Gasteiger partial charge in [0.2, 0.25) is 0 Å². The van der Waals surface area contributed by atoms with Crippen molar-refractivity contribution in [3.8, 4) is 11.5 Å². The predicted molar refractivity (Wildman–Crippen MR) is 101 cm³/mol. The number of ether oxygens (including phenoxy) is 2. The van der Waals surface area contributed by atoms with E-state index in [0.717, 1.165) is 35.3 Å². The van der Waals surface area contributed by atoms with Crippen LogP contribution in [-0.2, 0) is 6.54 Å². The van der Waals surface area contributed by atoms with E-state index >= 15 is 0 Å². The van der Waals surface area contributed by atoms with E-state index in [-0.39, 0.29) is 0 Å². The van der Waals surface area contributed by atoms with Crippen LogP contribution in [0.3, 0.4) is 0 Å². The van der Waals surface area contributed by atoms with Gasteiger partial charge in [0.25, 0.3) is 0 Å². The molecule has 0 saturated heterocycles. The van der Waals surface area contributed by atoms with Crippen molar-refractivity contribution in [2.45, 2.75) is 26.3 Å². The fourth-order valence-corrected chi connectivity index (χ4v) is 2.48. The van der Waals surface area contributed by atoms with E-state index in [0.29, 0.717) is 12.5 Å². The second-order valence-corrected chi connectivity index (χ2v) is 6.42. The number of guanidine groups is 1. The van der Waals surface area contributed by atoms with Crippen molar-refractivity contribution in [2.75, 3.05) is 19.0 Å². The molecule has 0 bridgehead atoms. The van der Waals surface area contributed by atoms with E-state index in [9.17, 15) is 0 Å². The summed E-state index contributed by atoms with van der Waals surface area (Å²) in [7, 11) is 1.64. The van der Waals surface area contributed by atoms with Crippen LogP contribution in [0.1, 0.15) is 24.0 Å². The van der Waals surface area contributed by atoms with Crippen molar-refractivity contribution in [2.24, 2.45) is 16.6 Å². The Bertz CT molecular complexity index is 754. The van der Waals surface area contributed by atoms with Gasteiger partial charge in [-0.15, -0.1) is 0 Å². The lowest BCUT2D eigenvalue weighted by molar-refractivity contribution is 0.296. The molecule has 0 spiro atoms. The maximum atomic E-state index is 6.01. The fraction of sp³-hybridized carbons (Fsp3) is 0.350. The molecule has 3 N–H and O–H groups in total. The van der Waals surface area contributed by atoms with Crippen LogP contribution in [0.5, 0.6) is 11.5 Å². The van der Waals surface area contributed by atoms with Gasteiger partial charge < -0.3 is 20.5 Å². The minimum absolute atomic E-state index is 0.363. The van der Waals surface area contributed by atoms with Crippen molar-refractivity contribution in [3.05, 3.63) is 53.6 Å². The first kappa shape index (κ1) is 17.1. The van der Waals surface area contributed by atoms with Crippen LogP contribution >= 0.6 is 0 Å². The Balaban J connectivity index is 1.65. The molecule has 0 aromatic heterocycles. The number of anilines is 1. The second-order valence-electron chi connectivity index (χ2n) is 6.42. The fourth-order valence-electron chi connectivity index (χ4n) is 2.48. The van der Waals surface area contributed by atoms with Gasteiger partial charge in [0.1, 0.15) is 11.5 Å². The Morgan fingerprint density at radius 1 is 1.24 bits per heavy atom. The minimum atomic E-state index is 0.363. The highest BCUT2D eigenvalue weighted by molar-refractivity contribution is 5.92. The van der Waals surface area contributed by atoms with Gasteiger partial charge in [0, 0.05) is 17.3 Å². The van der Waals surface area contributed by atoms with Gasteiger partial charge in [0.05, 0.1) is 20.3 Å². The zero-order valence-electron chi connectivity index (χ0n) is 14.8. The summed E-state index contributed by atoms with van der Waals surface area (Å²) in [5.41, 5.74) is 9.08. The first-order chi connectivity index (χ1) is 12.1. The maximum Gasteiger partial charge on any atom is 0.193 e. The van der Waals surface area contributed by atoms with E-state index in [1.807, 2.05) is 24.3 Å². The van der Waals surface area contributed by atoms with Crippen molar-refractivity contribution in [3.63, 3.8) is 0 Å². The van der Waals surface area contributed by atoms with Gasteiger partial charge in [-0.2, -0.15) is 0 Å². The molecule has 5 nitrogen and oxygen atoms in total. The number of aliphatic imine (C=N–C) groups is 1. The molecular weight excluding hydrogens is 314 g/mol. The molecular formula is C20H25N3O2. The lowest BCUT2D eigenvalue weighted by atomic mass is 10.1. The molecule has 0 aliphatic heterocycles. The molecule has 0 amide bonds. The van der Waals surface area contributed by atoms with Crippen LogP contribution in [0, 0.1) is 12.8 Å². The van der Waals surface area contributed by atoms with Gasteiger partial charge in [0.15, 0.2) is 5.96 Å². The molecule has 5 heteroatoms. The third kappa shape index (κ3) is 5.14. The standard InChI is InChI=1S/C20H25N3O2/c1-14-6-9-16(19(10-14)25-13-15-7-8-15)12-22-20(21)23-17-4-3-5-18(11-17)24-2/h3-6,9-11,15H,7-8,12-13H2,1-2H3,(H3,21,22,23). The zero-order chi connectivity index (χ0) is 17.6. The minimum Gasteiger partial charge on any atom is -0.497 e. The summed E-state index contributed by atoms with van der Waals surface area (Å²) in [5.74, 6) is 2.76. The summed E-state index contributed by atoms with van der Waals surface area (Å²) in [6.45, 7) is 3.33. The Morgan fingerprint density at radius 3 is 2.84 bits per heavy atom. The Morgan fingerprint density at radius 2 is 2.08 bits per heavy atom. The lowest BCUT2D eigenvalue weighted by Crippen LogP contribution is -2.22. The van der Waals surface area contributed by atoms with E-state index in [1.54, 1.807) is 7.11 Å². The SMILES string of the molecule is COc1cccc(NC(N)=NCc2ccc(C)cc2OCC2CC2)c1. The summed E-state index contributed by atoms with van der Waals surface area (Å²) >= 11 is 0. The predicted octanol–water partition coefficient (Wildman–Crippen LogP) is 3.72. The zero-order valence-corrected chi connectivity index (χ0v) is 14.8. The normalized spacial score (nSPS) is 14.2. The van der Waals surface area contributed by atoms with Crippen molar-refractivity contribution in [1.29, 1.82) is 0 Å². The number of hydrogen-bond donors (Lipinski definition) is 2. The van der Waals surface area contributed by atoms with Crippen LogP contribution < -0.4 is 20.5 Å². The summed E-state index contributed by atoms with van der Waals surface area (Å²) < 4.78 is 11.2. The molecule has 25 heavy (non-hydrogen) atoms. The molecule has 0 radical (unpaired) electrons. The van der Waals surface area contributed by atoms with E-state index in [1.165, 1.54) is 18.4 Å². The average molecular weight is 339 g/mol. The Kier molecular flexibility index (Phi) is 5.43. The van der Waals surface area contributed by atoms with Crippen LogP contribution in [0.2, 0.25) is 0 Å². The van der Waals surface area contributed by atoms with Crippen LogP contribution in [0.15, 0.2) is 47.5 Å². The molecule has 0 heterocycles. The highest BCUT2D eigenvalue weighted by Gasteiger charge is 2.22. The quantitative estimate of drug-likeness (QED) is 0.596.